The van der Waals surface area contributed by atoms with Crippen molar-refractivity contribution in [3.63, 3.8) is 0 Å². The molecule has 2 heteroatoms. The fourth-order valence-corrected chi connectivity index (χ4v) is 1.16. The summed E-state index contributed by atoms with van der Waals surface area (Å²) in [6.45, 7) is 0. The first kappa shape index (κ1) is 7.22. The first-order valence-electron chi connectivity index (χ1n) is 3.97. The zero-order valence-corrected chi connectivity index (χ0v) is 6.69. The standard InChI is InChI=1S/C10H10O2/c1(9-3-5-11-7-9)2-10-4-6-12-8-10/h3-8H,1-2H2. The van der Waals surface area contributed by atoms with E-state index in [0.717, 1.165) is 12.8 Å². The van der Waals surface area contributed by atoms with Crippen molar-refractivity contribution in [1.29, 1.82) is 0 Å². The molecule has 12 heavy (non-hydrogen) atoms. The number of hydrogen-bond acceptors (Lipinski definition) is 2. The molecule has 0 saturated heterocycles. The second-order valence-electron chi connectivity index (χ2n) is 2.76. The molecule has 2 rings (SSSR count). The van der Waals surface area contributed by atoms with Gasteiger partial charge in [0.2, 0.25) is 0 Å². The van der Waals surface area contributed by atoms with Crippen LogP contribution >= 0.6 is 0 Å². The van der Waals surface area contributed by atoms with Crippen LogP contribution in [0, 0.1) is 0 Å². The Hall–Kier alpha value is -1.44. The van der Waals surface area contributed by atoms with Crippen molar-refractivity contribution in [1.82, 2.24) is 0 Å². The third-order valence-electron chi connectivity index (χ3n) is 1.86. The Balaban J connectivity index is 1.91. The maximum Gasteiger partial charge on any atom is 0.0934 e. The van der Waals surface area contributed by atoms with Crippen LogP contribution < -0.4 is 0 Å². The van der Waals surface area contributed by atoms with E-state index >= 15 is 0 Å². The molecule has 0 radical (unpaired) electrons. The molecule has 0 aliphatic rings. The molecular formula is C10H10O2. The number of rotatable bonds is 3. The third kappa shape index (κ3) is 1.59. The molecule has 0 aromatic carbocycles. The first-order valence-corrected chi connectivity index (χ1v) is 3.97. The average molecular weight is 162 g/mol. The molecule has 0 aliphatic heterocycles. The van der Waals surface area contributed by atoms with Crippen LogP contribution in [0.2, 0.25) is 0 Å². The van der Waals surface area contributed by atoms with Crippen molar-refractivity contribution in [2.45, 2.75) is 12.8 Å². The Morgan fingerprint density at radius 3 is 1.67 bits per heavy atom. The summed E-state index contributed by atoms with van der Waals surface area (Å²) in [5, 5.41) is 0. The van der Waals surface area contributed by atoms with Crippen molar-refractivity contribution < 1.29 is 8.83 Å². The van der Waals surface area contributed by atoms with E-state index in [2.05, 4.69) is 0 Å². The van der Waals surface area contributed by atoms with Crippen LogP contribution in [0.25, 0.3) is 0 Å². The number of hydrogen-bond donors (Lipinski definition) is 0. The van der Waals surface area contributed by atoms with Gasteiger partial charge in [0.25, 0.3) is 0 Å². The van der Waals surface area contributed by atoms with Crippen molar-refractivity contribution in [3.05, 3.63) is 48.3 Å². The minimum absolute atomic E-state index is 1.01. The highest BCUT2D eigenvalue weighted by Gasteiger charge is 1.96. The summed E-state index contributed by atoms with van der Waals surface area (Å²) in [5.41, 5.74) is 2.47. The van der Waals surface area contributed by atoms with Crippen LogP contribution in [-0.2, 0) is 12.8 Å². The van der Waals surface area contributed by atoms with Crippen molar-refractivity contribution in [2.75, 3.05) is 0 Å². The van der Waals surface area contributed by atoms with E-state index in [1.165, 1.54) is 11.1 Å². The minimum Gasteiger partial charge on any atom is -0.472 e. The zero-order chi connectivity index (χ0) is 8.23. The average Bonchev–Trinajstić information content (AvgIpc) is 2.74. The lowest BCUT2D eigenvalue weighted by Gasteiger charge is -1.92. The summed E-state index contributed by atoms with van der Waals surface area (Å²) >= 11 is 0. The highest BCUT2D eigenvalue weighted by Crippen LogP contribution is 2.07. The topological polar surface area (TPSA) is 26.3 Å². The van der Waals surface area contributed by atoms with Gasteiger partial charge in [0.15, 0.2) is 0 Å². The van der Waals surface area contributed by atoms with E-state index in [1.807, 2.05) is 12.1 Å². The molecule has 2 aromatic heterocycles. The molecule has 0 amide bonds. The maximum atomic E-state index is 4.96. The third-order valence-corrected chi connectivity index (χ3v) is 1.86. The number of furan rings is 2. The van der Waals surface area contributed by atoms with Gasteiger partial charge in [-0.3, -0.25) is 0 Å². The van der Waals surface area contributed by atoms with Crippen LogP contribution in [0.15, 0.2) is 46.0 Å². The van der Waals surface area contributed by atoms with Crippen LogP contribution in [0.5, 0.6) is 0 Å². The normalized spacial score (nSPS) is 10.3. The molecular weight excluding hydrogens is 152 g/mol. The quantitative estimate of drug-likeness (QED) is 0.693. The van der Waals surface area contributed by atoms with Gasteiger partial charge in [-0.15, -0.1) is 0 Å². The lowest BCUT2D eigenvalue weighted by molar-refractivity contribution is 0.561. The lowest BCUT2D eigenvalue weighted by atomic mass is 10.1. The predicted octanol–water partition coefficient (Wildman–Crippen LogP) is 2.66. The SMILES string of the molecule is c1cc(CCc2ccoc2)co1. The van der Waals surface area contributed by atoms with Gasteiger partial charge in [0.05, 0.1) is 25.1 Å². The van der Waals surface area contributed by atoms with Gasteiger partial charge < -0.3 is 8.83 Å². The second kappa shape index (κ2) is 3.30. The zero-order valence-electron chi connectivity index (χ0n) is 6.69. The number of aryl methyl sites for hydroxylation is 2. The largest absolute Gasteiger partial charge is 0.472 e. The molecule has 0 atom stereocenters. The molecule has 0 aliphatic carbocycles. The second-order valence-corrected chi connectivity index (χ2v) is 2.76. The lowest BCUT2D eigenvalue weighted by Crippen LogP contribution is -1.86. The summed E-state index contributed by atoms with van der Waals surface area (Å²) < 4.78 is 9.92. The highest BCUT2D eigenvalue weighted by molar-refractivity contribution is 5.11. The van der Waals surface area contributed by atoms with E-state index < -0.39 is 0 Å². The highest BCUT2D eigenvalue weighted by atomic mass is 16.3. The van der Waals surface area contributed by atoms with Crippen LogP contribution in [0.3, 0.4) is 0 Å². The van der Waals surface area contributed by atoms with E-state index in [9.17, 15) is 0 Å². The molecule has 0 spiro atoms. The fraction of sp³-hybridized carbons (Fsp3) is 0.200. The Morgan fingerprint density at radius 1 is 0.833 bits per heavy atom. The Morgan fingerprint density at radius 2 is 1.33 bits per heavy atom. The van der Waals surface area contributed by atoms with Crippen molar-refractivity contribution in [3.8, 4) is 0 Å². The Bertz CT molecular complexity index is 271. The molecule has 0 N–H and O–H groups in total. The molecule has 2 nitrogen and oxygen atoms in total. The monoisotopic (exact) mass is 162 g/mol. The van der Waals surface area contributed by atoms with E-state index in [-0.39, 0.29) is 0 Å². The van der Waals surface area contributed by atoms with Crippen LogP contribution in [-0.4, -0.2) is 0 Å². The van der Waals surface area contributed by atoms with Gasteiger partial charge in [-0.05, 0) is 36.1 Å². The summed E-state index contributed by atoms with van der Waals surface area (Å²) in [7, 11) is 0. The van der Waals surface area contributed by atoms with Gasteiger partial charge in [-0.1, -0.05) is 0 Å². The Labute approximate surface area is 70.8 Å². The minimum atomic E-state index is 1.01. The van der Waals surface area contributed by atoms with Gasteiger partial charge >= 0.3 is 0 Å². The molecule has 0 bridgehead atoms. The van der Waals surface area contributed by atoms with Gasteiger partial charge in [0.1, 0.15) is 0 Å². The van der Waals surface area contributed by atoms with E-state index in [0.29, 0.717) is 0 Å². The molecule has 0 unspecified atom stereocenters. The summed E-state index contributed by atoms with van der Waals surface area (Å²) in [4.78, 5) is 0. The smallest absolute Gasteiger partial charge is 0.0934 e. The van der Waals surface area contributed by atoms with E-state index in [4.69, 9.17) is 8.83 Å². The molecule has 2 heterocycles. The predicted molar refractivity (Wildman–Crippen MR) is 44.8 cm³/mol. The van der Waals surface area contributed by atoms with Gasteiger partial charge in [0, 0.05) is 0 Å². The first-order chi connectivity index (χ1) is 5.95. The van der Waals surface area contributed by atoms with Gasteiger partial charge in [-0.25, -0.2) is 0 Å². The molecule has 2 aromatic rings. The van der Waals surface area contributed by atoms with Crippen LogP contribution in [0.1, 0.15) is 11.1 Å². The van der Waals surface area contributed by atoms with Crippen molar-refractivity contribution >= 4 is 0 Å². The maximum absolute atomic E-state index is 4.96. The Kier molecular flexibility index (Phi) is 1.99. The summed E-state index contributed by atoms with van der Waals surface area (Å²) in [6, 6.07) is 3.97. The van der Waals surface area contributed by atoms with Crippen LogP contribution in [0.4, 0.5) is 0 Å². The molecule has 62 valence electrons. The summed E-state index contributed by atoms with van der Waals surface area (Å²) in [5.74, 6) is 0. The molecule has 0 fully saturated rings. The summed E-state index contributed by atoms with van der Waals surface area (Å²) in [6.07, 6.45) is 8.97. The van der Waals surface area contributed by atoms with E-state index in [1.54, 1.807) is 25.1 Å². The van der Waals surface area contributed by atoms with Gasteiger partial charge in [-0.2, -0.15) is 0 Å². The molecule has 0 saturated carbocycles. The van der Waals surface area contributed by atoms with Crippen molar-refractivity contribution in [2.24, 2.45) is 0 Å². The fourth-order valence-electron chi connectivity index (χ4n) is 1.16.